The van der Waals surface area contributed by atoms with Gasteiger partial charge in [0.05, 0.1) is 13.5 Å². The summed E-state index contributed by atoms with van der Waals surface area (Å²) in [4.78, 5) is 10.8. The van der Waals surface area contributed by atoms with E-state index in [2.05, 4.69) is 18.6 Å². The van der Waals surface area contributed by atoms with Crippen LogP contribution in [0.1, 0.15) is 26.7 Å². The van der Waals surface area contributed by atoms with E-state index < -0.39 is 0 Å². The van der Waals surface area contributed by atoms with Gasteiger partial charge in [-0.25, -0.2) is 0 Å². The van der Waals surface area contributed by atoms with Gasteiger partial charge in [0, 0.05) is 17.5 Å². The number of esters is 1. The molecule has 3 nitrogen and oxygen atoms in total. The average Bonchev–Trinajstić information content (AvgIpc) is 2.22. The van der Waals surface area contributed by atoms with Crippen molar-refractivity contribution in [2.24, 2.45) is 11.7 Å². The molecule has 0 saturated heterocycles. The minimum absolute atomic E-state index is 0.144. The van der Waals surface area contributed by atoms with Gasteiger partial charge in [0.25, 0.3) is 0 Å². The van der Waals surface area contributed by atoms with E-state index in [0.29, 0.717) is 12.3 Å². The molecular formula is C10H21NO2S. The molecule has 2 N–H and O–H groups in total. The largest absolute Gasteiger partial charge is 0.469 e. The lowest BCUT2D eigenvalue weighted by atomic mass is 10.0. The molecule has 0 spiro atoms. The van der Waals surface area contributed by atoms with Gasteiger partial charge in [0.2, 0.25) is 0 Å². The topological polar surface area (TPSA) is 52.3 Å². The van der Waals surface area contributed by atoms with Gasteiger partial charge in [-0.3, -0.25) is 4.79 Å². The van der Waals surface area contributed by atoms with E-state index in [-0.39, 0.29) is 12.0 Å². The summed E-state index contributed by atoms with van der Waals surface area (Å²) in [6.45, 7) is 4.30. The van der Waals surface area contributed by atoms with Crippen molar-refractivity contribution in [3.05, 3.63) is 0 Å². The maximum Gasteiger partial charge on any atom is 0.306 e. The fourth-order valence-corrected chi connectivity index (χ4v) is 2.02. The SMILES string of the molecule is CCC(C)C(N)CSCCC(=O)OC. The zero-order valence-electron chi connectivity index (χ0n) is 9.29. The lowest BCUT2D eigenvalue weighted by Gasteiger charge is -2.17. The molecule has 0 bridgehead atoms. The molecule has 0 fully saturated rings. The van der Waals surface area contributed by atoms with Crippen molar-refractivity contribution >= 4 is 17.7 Å². The average molecular weight is 219 g/mol. The first-order valence-corrected chi connectivity index (χ1v) is 6.17. The number of methoxy groups -OCH3 is 1. The van der Waals surface area contributed by atoms with E-state index in [1.807, 2.05) is 0 Å². The van der Waals surface area contributed by atoms with Gasteiger partial charge in [-0.1, -0.05) is 20.3 Å². The Morgan fingerprint density at radius 2 is 2.21 bits per heavy atom. The molecule has 0 aliphatic rings. The summed E-state index contributed by atoms with van der Waals surface area (Å²) in [5, 5.41) is 0. The number of ether oxygens (including phenoxy) is 1. The van der Waals surface area contributed by atoms with Crippen LogP contribution in [0, 0.1) is 5.92 Å². The van der Waals surface area contributed by atoms with Crippen molar-refractivity contribution in [3.8, 4) is 0 Å². The number of carbonyl (C=O) groups is 1. The Morgan fingerprint density at radius 1 is 1.57 bits per heavy atom. The molecule has 0 aliphatic heterocycles. The molecule has 0 radical (unpaired) electrons. The third kappa shape index (κ3) is 6.27. The number of hydrogen-bond donors (Lipinski definition) is 1. The molecule has 2 atom stereocenters. The highest BCUT2D eigenvalue weighted by atomic mass is 32.2. The standard InChI is InChI=1S/C10H21NO2S/c1-4-8(2)9(11)7-14-6-5-10(12)13-3/h8-9H,4-7,11H2,1-3H3. The summed E-state index contributed by atoms with van der Waals surface area (Å²) in [5.74, 6) is 2.14. The molecular weight excluding hydrogens is 198 g/mol. The summed E-state index contributed by atoms with van der Waals surface area (Å²) >= 11 is 1.72. The number of nitrogens with two attached hydrogens (primary N) is 1. The van der Waals surface area contributed by atoms with E-state index in [9.17, 15) is 4.79 Å². The summed E-state index contributed by atoms with van der Waals surface area (Å²) in [7, 11) is 1.41. The van der Waals surface area contributed by atoms with Gasteiger partial charge < -0.3 is 10.5 Å². The maximum absolute atomic E-state index is 10.8. The molecule has 0 rings (SSSR count). The number of rotatable bonds is 7. The van der Waals surface area contributed by atoms with Crippen LogP contribution < -0.4 is 5.73 Å². The Labute approximate surface area is 90.8 Å². The highest BCUT2D eigenvalue weighted by Gasteiger charge is 2.10. The number of carbonyl (C=O) groups excluding carboxylic acids is 1. The highest BCUT2D eigenvalue weighted by Crippen LogP contribution is 2.12. The van der Waals surface area contributed by atoms with Gasteiger partial charge in [-0.05, 0) is 5.92 Å². The lowest BCUT2D eigenvalue weighted by Crippen LogP contribution is -2.30. The third-order valence-corrected chi connectivity index (χ3v) is 3.48. The van der Waals surface area contributed by atoms with E-state index in [1.54, 1.807) is 11.8 Å². The van der Waals surface area contributed by atoms with E-state index in [1.165, 1.54) is 7.11 Å². The maximum atomic E-state index is 10.8. The number of thioether (sulfide) groups is 1. The molecule has 14 heavy (non-hydrogen) atoms. The molecule has 0 saturated carbocycles. The molecule has 0 aromatic rings. The zero-order chi connectivity index (χ0) is 11.0. The zero-order valence-corrected chi connectivity index (χ0v) is 10.1. The van der Waals surface area contributed by atoms with E-state index in [0.717, 1.165) is 17.9 Å². The molecule has 4 heteroatoms. The van der Waals surface area contributed by atoms with Crippen molar-refractivity contribution < 1.29 is 9.53 Å². The van der Waals surface area contributed by atoms with Gasteiger partial charge in [-0.15, -0.1) is 0 Å². The first-order chi connectivity index (χ1) is 6.61. The molecule has 0 amide bonds. The Morgan fingerprint density at radius 3 is 2.71 bits per heavy atom. The first-order valence-electron chi connectivity index (χ1n) is 5.02. The van der Waals surface area contributed by atoms with Gasteiger partial charge in [0.1, 0.15) is 0 Å². The van der Waals surface area contributed by atoms with Crippen LogP contribution in [-0.2, 0) is 9.53 Å². The minimum Gasteiger partial charge on any atom is -0.469 e. The van der Waals surface area contributed by atoms with Crippen molar-refractivity contribution in [1.82, 2.24) is 0 Å². The van der Waals surface area contributed by atoms with Crippen LogP contribution >= 0.6 is 11.8 Å². The summed E-state index contributed by atoms with van der Waals surface area (Å²) < 4.78 is 4.54. The van der Waals surface area contributed by atoms with Crippen molar-refractivity contribution in [1.29, 1.82) is 0 Å². The van der Waals surface area contributed by atoms with Crippen LogP contribution in [0.15, 0.2) is 0 Å². The summed E-state index contributed by atoms with van der Waals surface area (Å²) in [6, 6.07) is 0.239. The van der Waals surface area contributed by atoms with Crippen molar-refractivity contribution in [2.75, 3.05) is 18.6 Å². The summed E-state index contributed by atoms with van der Waals surface area (Å²) in [6.07, 6.45) is 1.59. The quantitative estimate of drug-likeness (QED) is 0.522. The van der Waals surface area contributed by atoms with Crippen LogP contribution in [0.5, 0.6) is 0 Å². The predicted molar refractivity (Wildman–Crippen MR) is 61.4 cm³/mol. The molecule has 0 aromatic carbocycles. The molecule has 0 heterocycles. The van der Waals surface area contributed by atoms with Gasteiger partial charge in [0.15, 0.2) is 0 Å². The normalized spacial score (nSPS) is 14.9. The first kappa shape index (κ1) is 13.8. The van der Waals surface area contributed by atoms with E-state index >= 15 is 0 Å². The second-order valence-corrected chi connectivity index (χ2v) is 4.60. The van der Waals surface area contributed by atoms with Crippen LogP contribution in [0.25, 0.3) is 0 Å². The Bertz CT molecular complexity index is 164. The molecule has 84 valence electrons. The lowest BCUT2D eigenvalue weighted by molar-refractivity contribution is -0.140. The smallest absolute Gasteiger partial charge is 0.306 e. The van der Waals surface area contributed by atoms with Crippen LogP contribution in [0.4, 0.5) is 0 Å². The van der Waals surface area contributed by atoms with Crippen molar-refractivity contribution in [3.63, 3.8) is 0 Å². The Balaban J connectivity index is 3.40. The second kappa shape index (κ2) is 8.12. The number of hydrogen-bond acceptors (Lipinski definition) is 4. The van der Waals surface area contributed by atoms with Crippen LogP contribution in [-0.4, -0.2) is 30.6 Å². The van der Waals surface area contributed by atoms with Gasteiger partial charge >= 0.3 is 5.97 Å². The molecule has 0 aromatic heterocycles. The summed E-state index contributed by atoms with van der Waals surface area (Å²) in [5.41, 5.74) is 5.94. The third-order valence-electron chi connectivity index (χ3n) is 2.36. The Hall–Kier alpha value is -0.220. The second-order valence-electron chi connectivity index (χ2n) is 3.45. The fraction of sp³-hybridized carbons (Fsp3) is 0.900. The van der Waals surface area contributed by atoms with Crippen LogP contribution in [0.2, 0.25) is 0 Å². The van der Waals surface area contributed by atoms with Crippen molar-refractivity contribution in [2.45, 2.75) is 32.7 Å². The fourth-order valence-electron chi connectivity index (χ4n) is 0.944. The Kier molecular flexibility index (Phi) is 7.99. The highest BCUT2D eigenvalue weighted by molar-refractivity contribution is 7.99. The van der Waals surface area contributed by atoms with E-state index in [4.69, 9.17) is 5.73 Å². The molecule has 2 unspecified atom stereocenters. The predicted octanol–water partition coefficient (Wildman–Crippen LogP) is 1.66. The molecule has 0 aliphatic carbocycles. The monoisotopic (exact) mass is 219 g/mol. The minimum atomic E-state index is -0.144. The van der Waals surface area contributed by atoms with Gasteiger partial charge in [-0.2, -0.15) is 11.8 Å². The van der Waals surface area contributed by atoms with Crippen LogP contribution in [0.3, 0.4) is 0 Å².